The Morgan fingerprint density at radius 2 is 2.00 bits per heavy atom. The highest BCUT2D eigenvalue weighted by Crippen LogP contribution is 2.37. The Morgan fingerprint density at radius 3 is 2.53 bits per heavy atom. The second-order valence-corrected chi connectivity index (χ2v) is 4.43. The van der Waals surface area contributed by atoms with Crippen molar-refractivity contribution in [1.82, 2.24) is 0 Å². The fraction of sp³-hybridized carbons (Fsp3) is 1.00. The van der Waals surface area contributed by atoms with Crippen LogP contribution in [-0.2, 0) is 4.74 Å². The van der Waals surface area contributed by atoms with Gasteiger partial charge in [0.15, 0.2) is 0 Å². The first kappa shape index (κ1) is 12.8. The van der Waals surface area contributed by atoms with Gasteiger partial charge in [-0.1, -0.05) is 6.92 Å². The summed E-state index contributed by atoms with van der Waals surface area (Å²) >= 11 is 0. The summed E-state index contributed by atoms with van der Waals surface area (Å²) < 4.78 is 31.1. The van der Waals surface area contributed by atoms with Crippen molar-refractivity contribution < 1.29 is 13.5 Å². The smallest absolute Gasteiger partial charge is 0.248 e. The van der Waals surface area contributed by atoms with Crippen LogP contribution in [0, 0.1) is 5.92 Å². The van der Waals surface area contributed by atoms with Gasteiger partial charge in [0.1, 0.15) is 0 Å². The molecular weight excluding hydrogens is 200 g/mol. The maximum atomic E-state index is 12.9. The minimum absolute atomic E-state index is 0.0147. The van der Waals surface area contributed by atoms with E-state index in [1.165, 1.54) is 0 Å². The number of halogens is 2. The summed E-state index contributed by atoms with van der Waals surface area (Å²) in [7, 11) is 0. The zero-order valence-electron chi connectivity index (χ0n) is 9.35. The van der Waals surface area contributed by atoms with Gasteiger partial charge in [0.2, 0.25) is 5.92 Å². The largest absolute Gasteiger partial charge is 0.380 e. The van der Waals surface area contributed by atoms with Gasteiger partial charge in [-0.25, -0.2) is 8.78 Å². The van der Waals surface area contributed by atoms with Gasteiger partial charge in [0, 0.05) is 25.5 Å². The standard InChI is InChI=1S/C11H21F2NO/c1-2-7-15-8-10(14)9-3-5-11(12,13)6-4-9/h9-10H,2-8,14H2,1H3. The molecule has 1 aliphatic carbocycles. The van der Waals surface area contributed by atoms with Crippen LogP contribution in [0.15, 0.2) is 0 Å². The summed E-state index contributed by atoms with van der Waals surface area (Å²) in [5.41, 5.74) is 5.91. The van der Waals surface area contributed by atoms with Gasteiger partial charge in [-0.05, 0) is 25.2 Å². The van der Waals surface area contributed by atoms with E-state index in [2.05, 4.69) is 0 Å². The van der Waals surface area contributed by atoms with Crippen LogP contribution in [-0.4, -0.2) is 25.2 Å². The molecule has 2 nitrogen and oxygen atoms in total. The predicted octanol–water partition coefficient (Wildman–Crippen LogP) is 2.57. The number of rotatable bonds is 5. The van der Waals surface area contributed by atoms with Gasteiger partial charge in [0.25, 0.3) is 0 Å². The summed E-state index contributed by atoms with van der Waals surface area (Å²) in [5.74, 6) is -2.25. The van der Waals surface area contributed by atoms with Crippen molar-refractivity contribution in [1.29, 1.82) is 0 Å². The van der Waals surface area contributed by atoms with Crippen molar-refractivity contribution in [3.63, 3.8) is 0 Å². The molecule has 15 heavy (non-hydrogen) atoms. The van der Waals surface area contributed by atoms with Crippen molar-refractivity contribution in [2.45, 2.75) is 51.0 Å². The average molecular weight is 221 g/mol. The average Bonchev–Trinajstić information content (AvgIpc) is 2.18. The zero-order chi connectivity index (χ0) is 11.3. The fourth-order valence-electron chi connectivity index (χ4n) is 1.99. The highest BCUT2D eigenvalue weighted by atomic mass is 19.3. The van der Waals surface area contributed by atoms with Crippen LogP contribution in [0.3, 0.4) is 0 Å². The molecule has 0 aromatic rings. The predicted molar refractivity (Wildman–Crippen MR) is 56.0 cm³/mol. The molecule has 2 N–H and O–H groups in total. The van der Waals surface area contributed by atoms with Crippen molar-refractivity contribution in [2.24, 2.45) is 11.7 Å². The van der Waals surface area contributed by atoms with Crippen LogP contribution >= 0.6 is 0 Å². The SMILES string of the molecule is CCCOCC(N)C1CCC(F)(F)CC1. The second kappa shape index (κ2) is 5.75. The first-order valence-electron chi connectivity index (χ1n) is 5.76. The van der Waals surface area contributed by atoms with E-state index in [4.69, 9.17) is 10.5 Å². The summed E-state index contributed by atoms with van der Waals surface area (Å²) in [6, 6.07) is -0.0763. The van der Waals surface area contributed by atoms with Gasteiger partial charge in [-0.3, -0.25) is 0 Å². The maximum absolute atomic E-state index is 12.9. The Hall–Kier alpha value is -0.220. The summed E-state index contributed by atoms with van der Waals surface area (Å²) in [4.78, 5) is 0. The lowest BCUT2D eigenvalue weighted by atomic mass is 9.82. The number of hydrogen-bond acceptors (Lipinski definition) is 2. The highest BCUT2D eigenvalue weighted by molar-refractivity contribution is 4.83. The minimum Gasteiger partial charge on any atom is -0.380 e. The summed E-state index contributed by atoms with van der Waals surface area (Å²) in [6.07, 6.45) is 2.00. The monoisotopic (exact) mass is 221 g/mol. The van der Waals surface area contributed by atoms with E-state index >= 15 is 0 Å². The highest BCUT2D eigenvalue weighted by Gasteiger charge is 2.36. The third-order valence-electron chi connectivity index (χ3n) is 3.03. The molecule has 0 saturated heterocycles. The van der Waals surface area contributed by atoms with Crippen molar-refractivity contribution in [2.75, 3.05) is 13.2 Å². The minimum atomic E-state index is -2.46. The van der Waals surface area contributed by atoms with E-state index in [0.29, 0.717) is 26.1 Å². The molecule has 90 valence electrons. The first-order valence-corrected chi connectivity index (χ1v) is 5.76. The number of nitrogens with two attached hydrogens (primary N) is 1. The van der Waals surface area contributed by atoms with Crippen LogP contribution in [0.2, 0.25) is 0 Å². The van der Waals surface area contributed by atoms with E-state index in [1.807, 2.05) is 6.92 Å². The molecule has 1 aliphatic rings. The Bertz CT molecular complexity index is 177. The summed E-state index contributed by atoms with van der Waals surface area (Å²) in [5, 5.41) is 0. The first-order chi connectivity index (χ1) is 7.05. The van der Waals surface area contributed by atoms with Crippen molar-refractivity contribution in [3.05, 3.63) is 0 Å². The number of hydrogen-bond donors (Lipinski definition) is 1. The Balaban J connectivity index is 2.21. The van der Waals surface area contributed by atoms with E-state index in [0.717, 1.165) is 6.42 Å². The molecule has 0 heterocycles. The molecule has 1 rings (SSSR count). The molecule has 1 atom stereocenters. The lowest BCUT2D eigenvalue weighted by Crippen LogP contribution is -2.39. The molecule has 0 aromatic heterocycles. The third kappa shape index (κ3) is 4.43. The Morgan fingerprint density at radius 1 is 1.40 bits per heavy atom. The van der Waals surface area contributed by atoms with Gasteiger partial charge >= 0.3 is 0 Å². The number of ether oxygens (including phenoxy) is 1. The maximum Gasteiger partial charge on any atom is 0.248 e. The molecule has 4 heteroatoms. The Kier molecular flexibility index (Phi) is 4.93. The van der Waals surface area contributed by atoms with Crippen LogP contribution < -0.4 is 5.73 Å². The third-order valence-corrected chi connectivity index (χ3v) is 3.03. The van der Waals surface area contributed by atoms with Gasteiger partial charge in [-0.2, -0.15) is 0 Å². The zero-order valence-corrected chi connectivity index (χ0v) is 9.35. The fourth-order valence-corrected chi connectivity index (χ4v) is 1.99. The van der Waals surface area contributed by atoms with Crippen LogP contribution in [0.1, 0.15) is 39.0 Å². The molecule has 1 saturated carbocycles. The van der Waals surface area contributed by atoms with E-state index < -0.39 is 5.92 Å². The van der Waals surface area contributed by atoms with E-state index in [-0.39, 0.29) is 24.8 Å². The molecule has 1 fully saturated rings. The topological polar surface area (TPSA) is 35.2 Å². The van der Waals surface area contributed by atoms with Crippen molar-refractivity contribution >= 4 is 0 Å². The normalized spacial score (nSPS) is 24.0. The van der Waals surface area contributed by atoms with E-state index in [1.54, 1.807) is 0 Å². The molecule has 0 radical (unpaired) electrons. The van der Waals surface area contributed by atoms with Gasteiger partial charge in [-0.15, -0.1) is 0 Å². The summed E-state index contributed by atoms with van der Waals surface area (Å²) in [6.45, 7) is 3.24. The quantitative estimate of drug-likeness (QED) is 0.724. The number of alkyl halides is 2. The molecular formula is C11H21F2NO. The van der Waals surface area contributed by atoms with Gasteiger partial charge in [0.05, 0.1) is 6.61 Å². The van der Waals surface area contributed by atoms with Gasteiger partial charge < -0.3 is 10.5 Å². The molecule has 0 amide bonds. The molecule has 0 spiro atoms. The lowest BCUT2D eigenvalue weighted by Gasteiger charge is -2.31. The van der Waals surface area contributed by atoms with Crippen LogP contribution in [0.5, 0.6) is 0 Å². The lowest BCUT2D eigenvalue weighted by molar-refractivity contribution is -0.0514. The van der Waals surface area contributed by atoms with Crippen LogP contribution in [0.25, 0.3) is 0 Å². The second-order valence-electron chi connectivity index (χ2n) is 4.43. The van der Waals surface area contributed by atoms with Crippen molar-refractivity contribution in [3.8, 4) is 0 Å². The Labute approximate surface area is 90.2 Å². The molecule has 0 aromatic carbocycles. The van der Waals surface area contributed by atoms with E-state index in [9.17, 15) is 8.78 Å². The van der Waals surface area contributed by atoms with Crippen LogP contribution in [0.4, 0.5) is 8.78 Å². The molecule has 0 aliphatic heterocycles. The molecule has 1 unspecified atom stereocenters. The molecule has 0 bridgehead atoms.